The molecule has 0 aliphatic carbocycles. The average Bonchev–Trinajstić information content (AvgIpc) is 2.84. The summed E-state index contributed by atoms with van der Waals surface area (Å²) < 4.78 is 13.4. The van der Waals surface area contributed by atoms with E-state index >= 15 is 0 Å². The van der Waals surface area contributed by atoms with Crippen molar-refractivity contribution < 1.29 is 3.89 Å². The van der Waals surface area contributed by atoms with E-state index in [-0.39, 0.29) is 18.2 Å². The van der Waals surface area contributed by atoms with E-state index in [9.17, 15) is 3.89 Å². The van der Waals surface area contributed by atoms with Crippen molar-refractivity contribution in [2.45, 2.75) is 10.9 Å². The molecular weight excluding hydrogens is 391 g/mol. The Morgan fingerprint density at radius 3 is 2.27 bits per heavy atom. The normalized spacial score (nSPS) is 14.8. The molecule has 2 heterocycles. The number of aromatic nitrogens is 1. The van der Waals surface area contributed by atoms with Gasteiger partial charge in [-0.25, -0.2) is 4.98 Å². The first-order valence-corrected chi connectivity index (χ1v) is 10.5. The number of pyridine rings is 1. The molecule has 4 heteroatoms. The molecule has 0 amide bonds. The van der Waals surface area contributed by atoms with Crippen LogP contribution in [0, 0.1) is 0 Å². The molecule has 4 aromatic rings. The fourth-order valence-electron chi connectivity index (χ4n) is 3.82. The Morgan fingerprint density at radius 1 is 0.733 bits per heavy atom. The van der Waals surface area contributed by atoms with Crippen LogP contribution in [-0.4, -0.2) is 4.98 Å². The van der Waals surface area contributed by atoms with Gasteiger partial charge >= 0.3 is 0 Å². The summed E-state index contributed by atoms with van der Waals surface area (Å²) >= 11 is 0.251. The first-order chi connectivity index (χ1) is 14.8. The number of halogens is 1. The number of rotatable bonds is 4. The van der Waals surface area contributed by atoms with Crippen molar-refractivity contribution in [3.05, 3.63) is 108 Å². The molecule has 1 unspecified atom stereocenters. The number of anilines is 1. The van der Waals surface area contributed by atoms with Crippen LogP contribution in [-0.2, 0) is 0 Å². The number of fused-ring (bicyclic) bond motifs is 1. The fraction of sp³-hybridized carbons (Fsp3) is 0.0385. The summed E-state index contributed by atoms with van der Waals surface area (Å²) in [5, 5.41) is 3.67. The molecule has 1 aliphatic heterocycles. The molecule has 146 valence electrons. The van der Waals surface area contributed by atoms with Gasteiger partial charge in [-0.1, -0.05) is 84.9 Å². The molecule has 0 saturated carbocycles. The molecule has 1 aromatic heterocycles. The quantitative estimate of drug-likeness (QED) is 0.375. The van der Waals surface area contributed by atoms with Crippen LogP contribution in [0.25, 0.3) is 28.6 Å². The SMILES string of the molecule is FSc1ccccc1-c1cccc(-c2cccc3c2NC(c2ccccc2)C=C3)n1. The number of nitrogens with zero attached hydrogens (tertiary/aromatic N) is 1. The summed E-state index contributed by atoms with van der Waals surface area (Å²) in [6.07, 6.45) is 4.34. The Kier molecular flexibility index (Phi) is 5.08. The zero-order valence-electron chi connectivity index (χ0n) is 16.1. The van der Waals surface area contributed by atoms with Crippen molar-refractivity contribution in [2.75, 3.05) is 5.32 Å². The van der Waals surface area contributed by atoms with Gasteiger partial charge in [-0.15, -0.1) is 0 Å². The van der Waals surface area contributed by atoms with Crippen molar-refractivity contribution in [3.63, 3.8) is 0 Å². The largest absolute Gasteiger partial charge is 0.374 e. The lowest BCUT2D eigenvalue weighted by atomic mass is 9.96. The van der Waals surface area contributed by atoms with E-state index in [0.717, 1.165) is 33.8 Å². The van der Waals surface area contributed by atoms with Crippen molar-refractivity contribution in [3.8, 4) is 22.5 Å². The lowest BCUT2D eigenvalue weighted by molar-refractivity contribution is 0.934. The highest BCUT2D eigenvalue weighted by Crippen LogP contribution is 2.38. The smallest absolute Gasteiger partial charge is 0.0819 e. The first kappa shape index (κ1) is 18.6. The molecule has 2 nitrogen and oxygen atoms in total. The number of benzene rings is 3. The van der Waals surface area contributed by atoms with E-state index in [4.69, 9.17) is 4.98 Å². The van der Waals surface area contributed by atoms with Gasteiger partial charge in [0.1, 0.15) is 0 Å². The van der Waals surface area contributed by atoms with E-state index < -0.39 is 0 Å². The van der Waals surface area contributed by atoms with Gasteiger partial charge in [0.15, 0.2) is 0 Å². The molecule has 1 N–H and O–H groups in total. The monoisotopic (exact) mass is 410 g/mol. The Morgan fingerprint density at radius 2 is 1.43 bits per heavy atom. The molecule has 30 heavy (non-hydrogen) atoms. The summed E-state index contributed by atoms with van der Waals surface area (Å²) in [5.41, 5.74) is 6.86. The van der Waals surface area contributed by atoms with Crippen LogP contribution in [0.15, 0.2) is 102 Å². The summed E-state index contributed by atoms with van der Waals surface area (Å²) in [6, 6.07) is 30.0. The maximum atomic E-state index is 13.4. The summed E-state index contributed by atoms with van der Waals surface area (Å²) in [7, 11) is 0. The van der Waals surface area contributed by atoms with E-state index in [1.54, 1.807) is 6.07 Å². The first-order valence-electron chi connectivity index (χ1n) is 9.81. The second-order valence-electron chi connectivity index (χ2n) is 7.14. The van der Waals surface area contributed by atoms with Gasteiger partial charge in [-0.05, 0) is 29.3 Å². The van der Waals surface area contributed by atoms with Crippen LogP contribution in [0.5, 0.6) is 0 Å². The van der Waals surface area contributed by atoms with Crippen LogP contribution < -0.4 is 5.32 Å². The molecule has 0 spiro atoms. The second kappa shape index (κ2) is 8.17. The number of hydrogen-bond acceptors (Lipinski definition) is 3. The predicted molar refractivity (Wildman–Crippen MR) is 124 cm³/mol. The van der Waals surface area contributed by atoms with Crippen LogP contribution in [0.4, 0.5) is 9.57 Å². The Balaban J connectivity index is 1.57. The Labute approximate surface area is 179 Å². The molecule has 3 aromatic carbocycles. The maximum Gasteiger partial charge on any atom is 0.0819 e. The third-order valence-electron chi connectivity index (χ3n) is 5.29. The van der Waals surface area contributed by atoms with Crippen LogP contribution in [0.2, 0.25) is 0 Å². The average molecular weight is 411 g/mol. The van der Waals surface area contributed by atoms with Gasteiger partial charge in [0, 0.05) is 11.1 Å². The predicted octanol–water partition coefficient (Wildman–Crippen LogP) is 7.57. The number of hydrogen-bond donors (Lipinski definition) is 1. The van der Waals surface area contributed by atoms with E-state index in [1.807, 2.05) is 48.5 Å². The van der Waals surface area contributed by atoms with Gasteiger partial charge in [-0.2, -0.15) is 3.89 Å². The van der Waals surface area contributed by atoms with Gasteiger partial charge < -0.3 is 5.32 Å². The Bertz CT molecular complexity index is 1220. The molecule has 0 saturated heterocycles. The number of para-hydroxylation sites is 1. The second-order valence-corrected chi connectivity index (χ2v) is 7.74. The van der Waals surface area contributed by atoms with Crippen molar-refractivity contribution >= 4 is 23.9 Å². The highest BCUT2D eigenvalue weighted by molar-refractivity contribution is 7.94. The molecule has 5 rings (SSSR count). The number of nitrogens with one attached hydrogen (secondary N) is 1. The summed E-state index contributed by atoms with van der Waals surface area (Å²) in [6.45, 7) is 0. The highest BCUT2D eigenvalue weighted by atomic mass is 32.2. The zero-order chi connectivity index (χ0) is 20.3. The topological polar surface area (TPSA) is 24.9 Å². The highest BCUT2D eigenvalue weighted by Gasteiger charge is 2.19. The third kappa shape index (κ3) is 3.51. The molecular formula is C26H19FN2S. The lowest BCUT2D eigenvalue weighted by Crippen LogP contribution is -2.13. The minimum Gasteiger partial charge on any atom is -0.374 e. The summed E-state index contributed by atoms with van der Waals surface area (Å²) in [5.74, 6) is 0. The maximum absolute atomic E-state index is 13.4. The van der Waals surface area contributed by atoms with Crippen LogP contribution >= 0.6 is 12.1 Å². The molecule has 1 atom stereocenters. The molecule has 0 bridgehead atoms. The Hall–Kier alpha value is -3.37. The minimum atomic E-state index is 0.103. The third-order valence-corrected chi connectivity index (χ3v) is 5.82. The minimum absolute atomic E-state index is 0.103. The van der Waals surface area contributed by atoms with Crippen LogP contribution in [0.3, 0.4) is 0 Å². The zero-order valence-corrected chi connectivity index (χ0v) is 16.9. The van der Waals surface area contributed by atoms with Crippen molar-refractivity contribution in [1.82, 2.24) is 4.98 Å². The fourth-order valence-corrected chi connectivity index (χ4v) is 4.21. The molecule has 0 fully saturated rings. The van der Waals surface area contributed by atoms with Gasteiger partial charge in [0.2, 0.25) is 0 Å². The van der Waals surface area contributed by atoms with Gasteiger partial charge in [0.25, 0.3) is 0 Å². The lowest BCUT2D eigenvalue weighted by Gasteiger charge is -2.25. The van der Waals surface area contributed by atoms with E-state index in [0.29, 0.717) is 4.90 Å². The van der Waals surface area contributed by atoms with Crippen molar-refractivity contribution in [2.24, 2.45) is 0 Å². The molecule has 0 radical (unpaired) electrons. The van der Waals surface area contributed by atoms with E-state index in [2.05, 4.69) is 53.9 Å². The van der Waals surface area contributed by atoms with E-state index in [1.165, 1.54) is 5.56 Å². The summed E-state index contributed by atoms with van der Waals surface area (Å²) in [4.78, 5) is 5.46. The van der Waals surface area contributed by atoms with Crippen LogP contribution in [0.1, 0.15) is 17.2 Å². The van der Waals surface area contributed by atoms with Crippen molar-refractivity contribution in [1.29, 1.82) is 0 Å². The molecule has 1 aliphatic rings. The van der Waals surface area contributed by atoms with Gasteiger partial charge in [-0.3, -0.25) is 0 Å². The standard InChI is InChI=1S/C26H19FN2S/c27-30-25-15-5-4-11-20(25)23-13-7-14-24(28-23)21-12-6-10-19-16-17-22(29-26(19)21)18-8-2-1-3-9-18/h1-17,22,29H. The van der Waals surface area contributed by atoms with Gasteiger partial charge in [0.05, 0.1) is 40.2 Å².